The number of rotatable bonds is 4. The molecule has 1 aliphatic heterocycles. The minimum Gasteiger partial charge on any atom is -0.306 e. The van der Waals surface area contributed by atoms with E-state index in [-0.39, 0.29) is 5.56 Å². The Bertz CT molecular complexity index is 942. The van der Waals surface area contributed by atoms with Crippen molar-refractivity contribution in [3.8, 4) is 22.6 Å². The maximum Gasteiger partial charge on any atom is 0.251 e. The molecule has 2 heterocycles. The second-order valence-electron chi connectivity index (χ2n) is 6.67. The SMILES string of the molecule is O=c1cc(-c2ccc(Cl)cc2)nc(-c2ccc(CN3CCCC3)cc2)[nH]1. The first-order valence-electron chi connectivity index (χ1n) is 8.86. The van der Waals surface area contributed by atoms with Gasteiger partial charge in [-0.1, -0.05) is 48.0 Å². The lowest BCUT2D eigenvalue weighted by Crippen LogP contribution is -2.18. The zero-order chi connectivity index (χ0) is 17.9. The topological polar surface area (TPSA) is 49.0 Å². The normalized spacial score (nSPS) is 14.7. The molecule has 0 spiro atoms. The fourth-order valence-electron chi connectivity index (χ4n) is 3.33. The van der Waals surface area contributed by atoms with Crippen molar-refractivity contribution in [2.75, 3.05) is 13.1 Å². The predicted molar refractivity (Wildman–Crippen MR) is 105 cm³/mol. The maximum absolute atomic E-state index is 12.1. The average Bonchev–Trinajstić information content (AvgIpc) is 3.15. The van der Waals surface area contributed by atoms with E-state index in [1.54, 1.807) is 12.1 Å². The molecular weight excluding hydrogens is 346 g/mol. The summed E-state index contributed by atoms with van der Waals surface area (Å²) in [4.78, 5) is 22.0. The van der Waals surface area contributed by atoms with Gasteiger partial charge in [0.2, 0.25) is 0 Å². The van der Waals surface area contributed by atoms with Gasteiger partial charge >= 0.3 is 0 Å². The molecule has 2 aromatic carbocycles. The molecule has 1 aliphatic rings. The Hall–Kier alpha value is -2.43. The molecule has 4 rings (SSSR count). The summed E-state index contributed by atoms with van der Waals surface area (Å²) >= 11 is 5.94. The number of benzene rings is 2. The zero-order valence-electron chi connectivity index (χ0n) is 14.4. The van der Waals surface area contributed by atoms with Crippen LogP contribution in [0, 0.1) is 0 Å². The van der Waals surface area contributed by atoms with E-state index in [2.05, 4.69) is 27.0 Å². The van der Waals surface area contributed by atoms with Gasteiger partial charge < -0.3 is 4.98 Å². The summed E-state index contributed by atoms with van der Waals surface area (Å²) in [5.41, 5.74) is 3.53. The highest BCUT2D eigenvalue weighted by Crippen LogP contribution is 2.22. The zero-order valence-corrected chi connectivity index (χ0v) is 15.2. The smallest absolute Gasteiger partial charge is 0.251 e. The van der Waals surface area contributed by atoms with Gasteiger partial charge in [-0.2, -0.15) is 0 Å². The van der Waals surface area contributed by atoms with Crippen LogP contribution in [0.15, 0.2) is 59.4 Å². The molecule has 3 aromatic rings. The Morgan fingerprint density at radius 2 is 1.62 bits per heavy atom. The number of halogens is 1. The van der Waals surface area contributed by atoms with Crippen molar-refractivity contribution in [2.24, 2.45) is 0 Å². The fourth-order valence-corrected chi connectivity index (χ4v) is 3.46. The summed E-state index contributed by atoms with van der Waals surface area (Å²) < 4.78 is 0. The van der Waals surface area contributed by atoms with Crippen LogP contribution in [-0.2, 0) is 6.54 Å². The number of nitrogens with one attached hydrogen (secondary N) is 1. The fraction of sp³-hybridized carbons (Fsp3) is 0.238. The predicted octanol–water partition coefficient (Wildman–Crippen LogP) is 4.35. The van der Waals surface area contributed by atoms with Gasteiger partial charge in [0.1, 0.15) is 5.82 Å². The molecule has 0 radical (unpaired) electrons. The molecule has 0 unspecified atom stereocenters. The van der Waals surface area contributed by atoms with Crippen molar-refractivity contribution in [2.45, 2.75) is 19.4 Å². The molecule has 0 aliphatic carbocycles. The van der Waals surface area contributed by atoms with Crippen LogP contribution < -0.4 is 5.56 Å². The Morgan fingerprint density at radius 3 is 2.31 bits per heavy atom. The Labute approximate surface area is 157 Å². The number of nitrogens with zero attached hydrogens (tertiary/aromatic N) is 2. The van der Waals surface area contributed by atoms with Crippen LogP contribution in [0.3, 0.4) is 0 Å². The summed E-state index contributed by atoms with van der Waals surface area (Å²) in [6.45, 7) is 3.34. The molecule has 0 amide bonds. The van der Waals surface area contributed by atoms with Gasteiger partial charge in [-0.3, -0.25) is 9.69 Å². The second-order valence-corrected chi connectivity index (χ2v) is 7.10. The molecular formula is C21H20ClN3O. The van der Waals surface area contributed by atoms with Crippen LogP contribution >= 0.6 is 11.6 Å². The second kappa shape index (κ2) is 7.44. The van der Waals surface area contributed by atoms with Crippen LogP contribution in [0.25, 0.3) is 22.6 Å². The number of H-pyrrole nitrogens is 1. The largest absolute Gasteiger partial charge is 0.306 e. The summed E-state index contributed by atoms with van der Waals surface area (Å²) in [5.74, 6) is 0.579. The Kier molecular flexibility index (Phi) is 4.87. The summed E-state index contributed by atoms with van der Waals surface area (Å²) in [5, 5.41) is 0.660. The standard InChI is InChI=1S/C21H20ClN3O/c22-18-9-7-16(8-10-18)19-13-20(26)24-21(23-19)17-5-3-15(4-6-17)14-25-11-1-2-12-25/h3-10,13H,1-2,11-12,14H2,(H,23,24,26). The van der Waals surface area contributed by atoms with E-state index in [1.807, 2.05) is 24.3 Å². The van der Waals surface area contributed by atoms with Crippen LogP contribution in [0.2, 0.25) is 5.02 Å². The van der Waals surface area contributed by atoms with Crippen molar-refractivity contribution in [1.82, 2.24) is 14.9 Å². The minimum absolute atomic E-state index is 0.166. The number of likely N-dealkylation sites (tertiary alicyclic amines) is 1. The van der Waals surface area contributed by atoms with E-state index >= 15 is 0 Å². The van der Waals surface area contributed by atoms with Gasteiger partial charge in [-0.25, -0.2) is 4.98 Å². The molecule has 1 fully saturated rings. The summed E-state index contributed by atoms with van der Waals surface area (Å²) in [6, 6.07) is 17.1. The van der Waals surface area contributed by atoms with Gasteiger partial charge in [0.15, 0.2) is 0 Å². The van der Waals surface area contributed by atoms with Crippen molar-refractivity contribution in [1.29, 1.82) is 0 Å². The molecule has 1 N–H and O–H groups in total. The lowest BCUT2D eigenvalue weighted by molar-refractivity contribution is 0.331. The maximum atomic E-state index is 12.1. The third-order valence-electron chi connectivity index (χ3n) is 4.71. The van der Waals surface area contributed by atoms with Gasteiger partial charge in [-0.05, 0) is 43.6 Å². The van der Waals surface area contributed by atoms with Crippen molar-refractivity contribution < 1.29 is 0 Å². The molecule has 132 valence electrons. The number of aromatic nitrogens is 2. The number of aromatic amines is 1. The van der Waals surface area contributed by atoms with Gasteiger partial charge in [0, 0.05) is 28.8 Å². The third kappa shape index (κ3) is 3.87. The minimum atomic E-state index is -0.166. The van der Waals surface area contributed by atoms with E-state index < -0.39 is 0 Å². The molecule has 0 bridgehead atoms. The summed E-state index contributed by atoms with van der Waals surface area (Å²) in [6.07, 6.45) is 2.58. The highest BCUT2D eigenvalue weighted by Gasteiger charge is 2.12. The first-order valence-corrected chi connectivity index (χ1v) is 9.24. The van der Waals surface area contributed by atoms with Crippen molar-refractivity contribution in [3.05, 3.63) is 75.5 Å². The quantitative estimate of drug-likeness (QED) is 0.747. The summed E-state index contributed by atoms with van der Waals surface area (Å²) in [7, 11) is 0. The van der Waals surface area contributed by atoms with Crippen LogP contribution in [0.5, 0.6) is 0 Å². The van der Waals surface area contributed by atoms with E-state index in [4.69, 9.17) is 11.6 Å². The van der Waals surface area contributed by atoms with E-state index in [1.165, 1.54) is 37.6 Å². The lowest BCUT2D eigenvalue weighted by atomic mass is 10.1. The molecule has 1 aromatic heterocycles. The molecule has 26 heavy (non-hydrogen) atoms. The van der Waals surface area contributed by atoms with Crippen molar-refractivity contribution >= 4 is 11.6 Å². The molecule has 1 saturated heterocycles. The van der Waals surface area contributed by atoms with E-state index in [0.29, 0.717) is 16.5 Å². The lowest BCUT2D eigenvalue weighted by Gasteiger charge is -2.14. The van der Waals surface area contributed by atoms with Crippen LogP contribution in [0.4, 0.5) is 0 Å². The first-order chi connectivity index (χ1) is 12.7. The first kappa shape index (κ1) is 17.0. The van der Waals surface area contributed by atoms with E-state index in [9.17, 15) is 4.79 Å². The molecule has 5 heteroatoms. The monoisotopic (exact) mass is 365 g/mol. The Morgan fingerprint density at radius 1 is 0.962 bits per heavy atom. The van der Waals surface area contributed by atoms with Gasteiger partial charge in [0.05, 0.1) is 5.69 Å². The number of hydrogen-bond acceptors (Lipinski definition) is 3. The third-order valence-corrected chi connectivity index (χ3v) is 4.97. The van der Waals surface area contributed by atoms with Crippen LogP contribution in [-0.4, -0.2) is 28.0 Å². The highest BCUT2D eigenvalue weighted by molar-refractivity contribution is 6.30. The van der Waals surface area contributed by atoms with Gasteiger partial charge in [-0.15, -0.1) is 0 Å². The molecule has 0 saturated carbocycles. The van der Waals surface area contributed by atoms with Crippen molar-refractivity contribution in [3.63, 3.8) is 0 Å². The highest BCUT2D eigenvalue weighted by atomic mass is 35.5. The van der Waals surface area contributed by atoms with E-state index in [0.717, 1.165) is 17.7 Å². The average molecular weight is 366 g/mol. The molecule has 0 atom stereocenters. The Balaban J connectivity index is 1.60. The van der Waals surface area contributed by atoms with Crippen LogP contribution in [0.1, 0.15) is 18.4 Å². The van der Waals surface area contributed by atoms with Gasteiger partial charge in [0.25, 0.3) is 5.56 Å². The molecule has 4 nitrogen and oxygen atoms in total. The number of hydrogen-bond donors (Lipinski definition) is 1.